The quantitative estimate of drug-likeness (QED) is 0.368. The minimum atomic E-state index is 0.0895. The molecule has 0 atom stereocenters. The highest BCUT2D eigenvalue weighted by molar-refractivity contribution is 6.58. The Bertz CT molecular complexity index is 735. The van der Waals surface area contributed by atoms with Crippen LogP contribution < -0.4 is 0 Å². The second kappa shape index (κ2) is 27.6. The molecule has 0 spiro atoms. The maximum Gasteiger partial charge on any atom is 0.129 e. The van der Waals surface area contributed by atoms with Crippen LogP contribution in [-0.2, 0) is 14.3 Å². The Morgan fingerprint density at radius 2 is 1.15 bits per heavy atom. The standard InChI is InChI=1S/C8H10.C7H8.2C4H8O.C3H6O.C2HCl3/c1-7-5-3-4-6-8(7)2;1-7-5-3-2-4-6-7;1-2-4-5-3-1;1-3-4(2)5;1-3(2)4;3-1-2(4)5/h3-6H,1-2H3;2-6H,1H3;1-4H2;3H2,1-2H3;1-2H3;1H. The fraction of sp³-hybridized carbons (Fsp3) is 0.429. The van der Waals surface area contributed by atoms with E-state index in [0.29, 0.717) is 6.42 Å². The number of ether oxygens (including phenoxy) is 1. The molecule has 0 radical (unpaired) electrons. The van der Waals surface area contributed by atoms with Crippen LogP contribution in [0.4, 0.5) is 0 Å². The molecule has 1 fully saturated rings. The van der Waals surface area contributed by atoms with E-state index in [1.54, 1.807) is 6.92 Å². The van der Waals surface area contributed by atoms with E-state index < -0.39 is 0 Å². The van der Waals surface area contributed by atoms with Gasteiger partial charge in [-0.05, 0) is 65.5 Å². The molecule has 2 aromatic rings. The van der Waals surface area contributed by atoms with Crippen LogP contribution in [-0.4, -0.2) is 24.8 Å². The predicted molar refractivity (Wildman–Crippen MR) is 150 cm³/mol. The van der Waals surface area contributed by atoms with Crippen molar-refractivity contribution in [3.05, 3.63) is 81.3 Å². The van der Waals surface area contributed by atoms with Crippen LogP contribution in [0, 0.1) is 20.8 Å². The minimum absolute atomic E-state index is 0.0895. The molecule has 6 heteroatoms. The van der Waals surface area contributed by atoms with Gasteiger partial charge in [-0.1, -0.05) is 102 Å². The van der Waals surface area contributed by atoms with Gasteiger partial charge in [0.05, 0.1) is 0 Å². The number of carbonyl (C=O) groups is 2. The van der Waals surface area contributed by atoms with Gasteiger partial charge in [-0.2, -0.15) is 0 Å². The highest BCUT2D eigenvalue weighted by Crippen LogP contribution is 2.06. The number of hydrogen-bond donors (Lipinski definition) is 0. The highest BCUT2D eigenvalue weighted by atomic mass is 35.5. The smallest absolute Gasteiger partial charge is 0.129 e. The van der Waals surface area contributed by atoms with Crippen molar-refractivity contribution in [2.75, 3.05) is 13.2 Å². The monoisotopic (exact) mass is 530 g/mol. The first-order chi connectivity index (χ1) is 16.0. The molecule has 0 amide bonds. The molecule has 1 saturated heterocycles. The van der Waals surface area contributed by atoms with E-state index in [2.05, 4.69) is 57.2 Å². The maximum absolute atomic E-state index is 9.81. The van der Waals surface area contributed by atoms with Crippen molar-refractivity contribution in [2.24, 2.45) is 0 Å². The third-order valence-electron chi connectivity index (χ3n) is 3.77. The number of benzene rings is 2. The zero-order chi connectivity index (χ0) is 26.8. The van der Waals surface area contributed by atoms with Gasteiger partial charge < -0.3 is 14.3 Å². The third-order valence-corrected chi connectivity index (χ3v) is 4.43. The second-order valence-electron chi connectivity index (χ2n) is 7.42. The Hall–Kier alpha value is -1.65. The number of carbonyl (C=O) groups excluding carboxylic acids is 2. The Kier molecular flexibility index (Phi) is 30.0. The van der Waals surface area contributed by atoms with E-state index in [4.69, 9.17) is 39.5 Å². The van der Waals surface area contributed by atoms with Crippen molar-refractivity contribution in [3.63, 3.8) is 0 Å². The van der Waals surface area contributed by atoms with Crippen LogP contribution in [0.3, 0.4) is 0 Å². The lowest BCUT2D eigenvalue weighted by Crippen LogP contribution is -1.80. The number of hydrogen-bond acceptors (Lipinski definition) is 3. The fourth-order valence-corrected chi connectivity index (χ4v) is 1.71. The molecule has 0 saturated carbocycles. The van der Waals surface area contributed by atoms with Crippen molar-refractivity contribution in [1.29, 1.82) is 0 Å². The highest BCUT2D eigenvalue weighted by Gasteiger charge is 1.94. The van der Waals surface area contributed by atoms with Crippen LogP contribution in [0.15, 0.2) is 64.6 Å². The molecular formula is C28H41Cl3O3. The first-order valence-electron chi connectivity index (χ1n) is 11.2. The van der Waals surface area contributed by atoms with Crippen LogP contribution in [0.1, 0.15) is 63.6 Å². The Labute approximate surface area is 222 Å². The van der Waals surface area contributed by atoms with Crippen molar-refractivity contribution in [1.82, 2.24) is 0 Å². The fourth-order valence-electron chi connectivity index (χ4n) is 1.71. The van der Waals surface area contributed by atoms with Crippen molar-refractivity contribution in [2.45, 2.75) is 67.7 Å². The van der Waals surface area contributed by atoms with Gasteiger partial charge in [0.1, 0.15) is 16.1 Å². The average Bonchev–Trinajstić information content (AvgIpc) is 3.37. The number of Topliss-reactive ketones (excluding diaryl/α,β-unsaturated/α-hetero) is 2. The van der Waals surface area contributed by atoms with E-state index in [1.807, 2.05) is 25.1 Å². The minimum Gasteiger partial charge on any atom is -0.381 e. The molecule has 34 heavy (non-hydrogen) atoms. The van der Waals surface area contributed by atoms with Gasteiger partial charge in [0, 0.05) is 25.2 Å². The summed E-state index contributed by atoms with van der Waals surface area (Å²) < 4.78 is 5.03. The first kappa shape index (κ1) is 36.9. The summed E-state index contributed by atoms with van der Waals surface area (Å²) in [5.41, 5.74) is 5.14. The van der Waals surface area contributed by atoms with Crippen LogP contribution in [0.2, 0.25) is 0 Å². The zero-order valence-corrected chi connectivity index (χ0v) is 23.9. The van der Waals surface area contributed by atoms with E-state index >= 15 is 0 Å². The summed E-state index contributed by atoms with van der Waals surface area (Å²) in [6, 6.07) is 18.6. The number of aryl methyl sites for hydroxylation is 3. The number of ketones is 2. The third kappa shape index (κ3) is 37.7. The molecule has 3 rings (SSSR count). The number of rotatable bonds is 1. The Morgan fingerprint density at radius 3 is 1.29 bits per heavy atom. The lowest BCUT2D eigenvalue weighted by Gasteiger charge is -1.93. The summed E-state index contributed by atoms with van der Waals surface area (Å²) in [4.78, 5) is 19.3. The summed E-state index contributed by atoms with van der Waals surface area (Å²) in [6.45, 7) is 14.8. The van der Waals surface area contributed by atoms with Crippen molar-refractivity contribution < 1.29 is 14.3 Å². The molecule has 1 aliphatic heterocycles. The number of halogens is 3. The molecule has 0 bridgehead atoms. The predicted octanol–water partition coefficient (Wildman–Crippen LogP) is 9.18. The summed E-state index contributed by atoms with van der Waals surface area (Å²) in [7, 11) is 0. The Balaban J connectivity index is -0.000000346. The second-order valence-corrected chi connectivity index (χ2v) is 8.65. The molecular weight excluding hydrogens is 491 g/mol. The zero-order valence-electron chi connectivity index (χ0n) is 21.7. The molecule has 0 N–H and O–H groups in total. The van der Waals surface area contributed by atoms with Crippen LogP contribution >= 0.6 is 34.8 Å². The summed E-state index contributed by atoms with van der Waals surface area (Å²) >= 11 is 14.8. The normalized spacial score (nSPS) is 10.4. The van der Waals surface area contributed by atoms with Crippen molar-refractivity contribution in [3.8, 4) is 0 Å². The topological polar surface area (TPSA) is 43.4 Å². The molecule has 2 aromatic carbocycles. The molecule has 3 nitrogen and oxygen atoms in total. The molecule has 0 aliphatic carbocycles. The van der Waals surface area contributed by atoms with E-state index in [-0.39, 0.29) is 16.1 Å². The van der Waals surface area contributed by atoms with E-state index in [0.717, 1.165) is 18.7 Å². The lowest BCUT2D eigenvalue weighted by molar-refractivity contribution is -0.117. The summed E-state index contributed by atoms with van der Waals surface area (Å²) in [6.07, 6.45) is 3.22. The van der Waals surface area contributed by atoms with Gasteiger partial charge in [-0.25, -0.2) is 0 Å². The molecule has 1 aliphatic rings. The largest absolute Gasteiger partial charge is 0.381 e. The van der Waals surface area contributed by atoms with Crippen molar-refractivity contribution >= 4 is 46.4 Å². The molecule has 0 unspecified atom stereocenters. The van der Waals surface area contributed by atoms with Gasteiger partial charge in [0.25, 0.3) is 0 Å². The lowest BCUT2D eigenvalue weighted by atomic mass is 10.1. The summed E-state index contributed by atoms with van der Waals surface area (Å²) in [5.74, 6) is 0.421. The maximum atomic E-state index is 9.81. The SMILES string of the molecule is C1CCOC1.CC(C)=O.CCC(C)=O.Cc1ccccc1.Cc1ccccc1C.ClC=C(Cl)Cl. The van der Waals surface area contributed by atoms with Crippen LogP contribution in [0.5, 0.6) is 0 Å². The van der Waals surface area contributed by atoms with E-state index in [1.165, 1.54) is 43.4 Å². The van der Waals surface area contributed by atoms with Gasteiger partial charge in [-0.15, -0.1) is 0 Å². The Morgan fingerprint density at radius 1 is 0.824 bits per heavy atom. The van der Waals surface area contributed by atoms with Gasteiger partial charge in [-0.3, -0.25) is 0 Å². The molecule has 0 aromatic heterocycles. The van der Waals surface area contributed by atoms with Gasteiger partial charge >= 0.3 is 0 Å². The molecule has 1 heterocycles. The van der Waals surface area contributed by atoms with Gasteiger partial charge in [0.2, 0.25) is 0 Å². The average molecular weight is 532 g/mol. The van der Waals surface area contributed by atoms with Gasteiger partial charge in [0.15, 0.2) is 0 Å². The van der Waals surface area contributed by atoms with Crippen LogP contribution in [0.25, 0.3) is 0 Å². The first-order valence-corrected chi connectivity index (χ1v) is 12.4. The molecule has 192 valence electrons. The summed E-state index contributed by atoms with van der Waals surface area (Å²) in [5, 5.41) is 0. The van der Waals surface area contributed by atoms with E-state index in [9.17, 15) is 9.59 Å².